The molecule has 1 heterocycles. The van der Waals surface area contributed by atoms with E-state index in [0.717, 1.165) is 36.8 Å². The standard InChI is InChI=1S/C25H28N2O4/c1-17(31-25(30)19-15-23(28)27(16-19)20-11-5-6-12-20)24(29)26-22-14-8-7-13-21(22)18-9-3-2-4-10-18/h2-4,7-10,13-14,17,19-20H,5-6,11-12,15-16H2,1H3,(H,26,29)/t17-,19-/m1/s1. The van der Waals surface area contributed by atoms with Crippen LogP contribution in [0.2, 0.25) is 0 Å². The first-order valence-electron chi connectivity index (χ1n) is 11.0. The van der Waals surface area contributed by atoms with Gasteiger partial charge in [-0.05, 0) is 31.4 Å². The van der Waals surface area contributed by atoms with Gasteiger partial charge in [-0.2, -0.15) is 0 Å². The molecular weight excluding hydrogens is 392 g/mol. The minimum absolute atomic E-state index is 0.0164. The molecule has 6 heteroatoms. The molecule has 0 unspecified atom stereocenters. The number of likely N-dealkylation sites (tertiary alicyclic amines) is 1. The van der Waals surface area contributed by atoms with E-state index in [1.54, 1.807) is 6.92 Å². The molecular formula is C25H28N2O4. The molecule has 2 aromatic carbocycles. The normalized spacial score (nSPS) is 20.0. The number of anilines is 1. The summed E-state index contributed by atoms with van der Waals surface area (Å²) in [6.07, 6.45) is 3.49. The molecule has 2 fully saturated rings. The van der Waals surface area contributed by atoms with E-state index in [1.807, 2.05) is 59.5 Å². The largest absolute Gasteiger partial charge is 0.452 e. The molecule has 31 heavy (non-hydrogen) atoms. The quantitative estimate of drug-likeness (QED) is 0.717. The number of para-hydroxylation sites is 1. The Hall–Kier alpha value is -3.15. The van der Waals surface area contributed by atoms with Gasteiger partial charge in [0.25, 0.3) is 5.91 Å². The second-order valence-corrected chi connectivity index (χ2v) is 8.37. The summed E-state index contributed by atoms with van der Waals surface area (Å²) in [5.41, 5.74) is 2.54. The summed E-state index contributed by atoms with van der Waals surface area (Å²) in [4.78, 5) is 39.5. The Morgan fingerprint density at radius 2 is 1.71 bits per heavy atom. The Labute approximate surface area is 182 Å². The van der Waals surface area contributed by atoms with Crippen LogP contribution in [0.5, 0.6) is 0 Å². The molecule has 6 nitrogen and oxygen atoms in total. The lowest BCUT2D eigenvalue weighted by Crippen LogP contribution is -2.36. The van der Waals surface area contributed by atoms with E-state index in [-0.39, 0.29) is 18.4 Å². The number of rotatable bonds is 6. The second-order valence-electron chi connectivity index (χ2n) is 8.37. The summed E-state index contributed by atoms with van der Waals surface area (Å²) in [5, 5.41) is 2.87. The van der Waals surface area contributed by atoms with E-state index in [9.17, 15) is 14.4 Å². The second kappa shape index (κ2) is 9.33. The average Bonchev–Trinajstić information content (AvgIpc) is 3.44. The predicted molar refractivity (Wildman–Crippen MR) is 118 cm³/mol. The minimum atomic E-state index is -0.952. The molecule has 1 saturated heterocycles. The van der Waals surface area contributed by atoms with Crippen LogP contribution in [0.25, 0.3) is 11.1 Å². The zero-order valence-electron chi connectivity index (χ0n) is 17.8. The van der Waals surface area contributed by atoms with Crippen molar-refractivity contribution in [3.05, 3.63) is 54.6 Å². The highest BCUT2D eigenvalue weighted by atomic mass is 16.5. The van der Waals surface area contributed by atoms with Gasteiger partial charge in [-0.25, -0.2) is 0 Å². The minimum Gasteiger partial charge on any atom is -0.452 e. The number of esters is 1. The number of carbonyl (C=O) groups excluding carboxylic acids is 3. The monoisotopic (exact) mass is 420 g/mol. The van der Waals surface area contributed by atoms with Crippen molar-refractivity contribution >= 4 is 23.5 Å². The lowest BCUT2D eigenvalue weighted by molar-refractivity contribution is -0.157. The Morgan fingerprint density at radius 1 is 1.03 bits per heavy atom. The van der Waals surface area contributed by atoms with Gasteiger partial charge < -0.3 is 15.0 Å². The molecule has 0 aromatic heterocycles. The molecule has 1 aliphatic heterocycles. The van der Waals surface area contributed by atoms with Crippen molar-refractivity contribution in [3.63, 3.8) is 0 Å². The Morgan fingerprint density at radius 3 is 2.45 bits per heavy atom. The summed E-state index contributed by atoms with van der Waals surface area (Å²) in [6, 6.07) is 17.5. The van der Waals surface area contributed by atoms with Crippen LogP contribution in [-0.4, -0.2) is 41.4 Å². The van der Waals surface area contributed by atoms with Crippen molar-refractivity contribution in [2.75, 3.05) is 11.9 Å². The first-order chi connectivity index (χ1) is 15.0. The van der Waals surface area contributed by atoms with E-state index in [0.29, 0.717) is 12.2 Å². The molecule has 2 aliphatic rings. The van der Waals surface area contributed by atoms with Gasteiger partial charge >= 0.3 is 5.97 Å². The molecule has 0 spiro atoms. The van der Waals surface area contributed by atoms with Crippen LogP contribution in [0.3, 0.4) is 0 Å². The van der Waals surface area contributed by atoms with Gasteiger partial charge in [0.1, 0.15) is 0 Å². The van der Waals surface area contributed by atoms with Gasteiger partial charge in [0.15, 0.2) is 6.10 Å². The number of nitrogens with zero attached hydrogens (tertiary/aromatic N) is 1. The molecule has 0 bridgehead atoms. The van der Waals surface area contributed by atoms with Crippen molar-refractivity contribution in [2.45, 2.75) is 51.2 Å². The van der Waals surface area contributed by atoms with E-state index < -0.39 is 23.9 Å². The molecule has 1 aliphatic carbocycles. The molecule has 2 aromatic rings. The van der Waals surface area contributed by atoms with E-state index in [2.05, 4.69) is 5.32 Å². The lowest BCUT2D eigenvalue weighted by Gasteiger charge is -2.24. The topological polar surface area (TPSA) is 75.7 Å². The molecule has 1 saturated carbocycles. The molecule has 2 amide bonds. The molecule has 0 radical (unpaired) electrons. The van der Waals surface area contributed by atoms with Crippen LogP contribution in [-0.2, 0) is 19.1 Å². The first kappa shape index (κ1) is 21.1. The van der Waals surface area contributed by atoms with E-state index in [4.69, 9.17) is 4.74 Å². The van der Waals surface area contributed by atoms with E-state index >= 15 is 0 Å². The van der Waals surface area contributed by atoms with Crippen molar-refractivity contribution in [1.82, 2.24) is 4.90 Å². The van der Waals surface area contributed by atoms with Crippen molar-refractivity contribution < 1.29 is 19.1 Å². The zero-order valence-corrected chi connectivity index (χ0v) is 17.8. The molecule has 162 valence electrons. The zero-order chi connectivity index (χ0) is 21.8. The Balaban J connectivity index is 1.36. The maximum Gasteiger partial charge on any atom is 0.312 e. The van der Waals surface area contributed by atoms with Gasteiger partial charge in [0, 0.05) is 30.3 Å². The van der Waals surface area contributed by atoms with Crippen molar-refractivity contribution in [2.24, 2.45) is 5.92 Å². The summed E-state index contributed by atoms with van der Waals surface area (Å²) < 4.78 is 5.44. The fourth-order valence-corrected chi connectivity index (χ4v) is 4.48. The van der Waals surface area contributed by atoms with Crippen LogP contribution in [0, 0.1) is 5.92 Å². The van der Waals surface area contributed by atoms with Crippen LogP contribution in [0.15, 0.2) is 54.6 Å². The third kappa shape index (κ3) is 4.79. The summed E-state index contributed by atoms with van der Waals surface area (Å²) in [6.45, 7) is 1.96. The molecule has 4 rings (SSSR count). The number of ether oxygens (including phenoxy) is 1. The smallest absolute Gasteiger partial charge is 0.312 e. The van der Waals surface area contributed by atoms with Gasteiger partial charge in [-0.3, -0.25) is 14.4 Å². The summed E-state index contributed by atoms with van der Waals surface area (Å²) in [7, 11) is 0. The number of hydrogen-bond acceptors (Lipinski definition) is 4. The summed E-state index contributed by atoms with van der Waals surface area (Å²) in [5.74, 6) is -1.36. The van der Waals surface area contributed by atoms with E-state index in [1.165, 1.54) is 0 Å². The molecule has 2 atom stereocenters. The number of carbonyl (C=O) groups is 3. The fourth-order valence-electron chi connectivity index (χ4n) is 4.48. The SMILES string of the molecule is C[C@@H](OC(=O)[C@@H]1CC(=O)N(C2CCCC2)C1)C(=O)Nc1ccccc1-c1ccccc1. The average molecular weight is 421 g/mol. The highest BCUT2D eigenvalue weighted by molar-refractivity contribution is 5.99. The lowest BCUT2D eigenvalue weighted by atomic mass is 10.0. The van der Waals surface area contributed by atoms with Gasteiger partial charge in [-0.15, -0.1) is 0 Å². The van der Waals surface area contributed by atoms with Crippen molar-refractivity contribution in [3.8, 4) is 11.1 Å². The highest BCUT2D eigenvalue weighted by Gasteiger charge is 2.40. The highest BCUT2D eigenvalue weighted by Crippen LogP contribution is 2.30. The van der Waals surface area contributed by atoms with Crippen LogP contribution in [0.1, 0.15) is 39.0 Å². The predicted octanol–water partition coefficient (Wildman–Crippen LogP) is 4.01. The third-order valence-electron chi connectivity index (χ3n) is 6.19. The van der Waals surface area contributed by atoms with Crippen LogP contribution in [0.4, 0.5) is 5.69 Å². The maximum atomic E-state index is 12.7. The molecule has 1 N–H and O–H groups in total. The Kier molecular flexibility index (Phi) is 6.35. The van der Waals surface area contributed by atoms with Gasteiger partial charge in [-0.1, -0.05) is 61.4 Å². The Bertz CT molecular complexity index is 953. The van der Waals surface area contributed by atoms with Crippen LogP contribution >= 0.6 is 0 Å². The summed E-state index contributed by atoms with van der Waals surface area (Å²) >= 11 is 0. The number of benzene rings is 2. The number of hydrogen-bond donors (Lipinski definition) is 1. The fraction of sp³-hybridized carbons (Fsp3) is 0.400. The number of amides is 2. The maximum absolute atomic E-state index is 12.7. The van der Waals surface area contributed by atoms with Crippen molar-refractivity contribution in [1.29, 1.82) is 0 Å². The van der Waals surface area contributed by atoms with Gasteiger partial charge in [0.2, 0.25) is 5.91 Å². The van der Waals surface area contributed by atoms with Crippen LogP contribution < -0.4 is 5.32 Å². The number of nitrogens with one attached hydrogen (secondary N) is 1. The third-order valence-corrected chi connectivity index (χ3v) is 6.19. The first-order valence-corrected chi connectivity index (χ1v) is 11.0. The van der Waals surface area contributed by atoms with Gasteiger partial charge in [0.05, 0.1) is 5.92 Å².